The largest absolute Gasteiger partial charge is 0.396 e. The van der Waals surface area contributed by atoms with E-state index in [4.69, 9.17) is 5.11 Å². The molecule has 2 N–H and O–H groups in total. The number of hydrogen-bond acceptors (Lipinski definition) is 3. The molecule has 15 heavy (non-hydrogen) atoms. The van der Waals surface area contributed by atoms with Crippen molar-refractivity contribution in [3.63, 3.8) is 0 Å². The van der Waals surface area contributed by atoms with Crippen LogP contribution in [-0.4, -0.2) is 32.4 Å². The Morgan fingerprint density at radius 1 is 1.33 bits per heavy atom. The summed E-state index contributed by atoms with van der Waals surface area (Å²) in [6.07, 6.45) is 2.51. The molecule has 0 spiro atoms. The van der Waals surface area contributed by atoms with E-state index in [2.05, 4.69) is 0 Å². The zero-order chi connectivity index (χ0) is 11.5. The second-order valence-corrected chi connectivity index (χ2v) is 5.52. The van der Waals surface area contributed by atoms with Gasteiger partial charge in [0.2, 0.25) is 0 Å². The Labute approximate surface area is 87.7 Å². The molecule has 1 rings (SSSR count). The van der Waals surface area contributed by atoms with Crippen LogP contribution in [0.4, 0.5) is 8.78 Å². The summed E-state index contributed by atoms with van der Waals surface area (Å²) < 4.78 is 47.3. The Hall–Kier alpha value is -0.270. The van der Waals surface area contributed by atoms with Gasteiger partial charge in [0.05, 0.1) is 0 Å². The highest BCUT2D eigenvalue weighted by Gasteiger charge is 2.30. The predicted molar refractivity (Wildman–Crippen MR) is 50.8 cm³/mol. The van der Waals surface area contributed by atoms with Crippen molar-refractivity contribution in [1.29, 1.82) is 0 Å². The van der Waals surface area contributed by atoms with Gasteiger partial charge in [-0.15, -0.1) is 0 Å². The fourth-order valence-electron chi connectivity index (χ4n) is 1.91. The van der Waals surface area contributed by atoms with Crippen molar-refractivity contribution in [1.82, 2.24) is 4.72 Å². The summed E-state index contributed by atoms with van der Waals surface area (Å²) in [7, 11) is -4.48. The number of aliphatic hydroxyl groups excluding tert-OH is 1. The molecule has 0 bridgehead atoms. The molecule has 0 amide bonds. The molecule has 0 heterocycles. The molecular weight excluding hydrogens is 228 g/mol. The number of aliphatic hydroxyl groups is 1. The van der Waals surface area contributed by atoms with Gasteiger partial charge in [0, 0.05) is 13.2 Å². The third-order valence-electron chi connectivity index (χ3n) is 2.83. The molecule has 1 aliphatic rings. The van der Waals surface area contributed by atoms with Crippen LogP contribution in [0.1, 0.15) is 19.3 Å². The first-order valence-electron chi connectivity index (χ1n) is 4.85. The predicted octanol–water partition coefficient (Wildman–Crippen LogP) is 0.537. The molecule has 0 radical (unpaired) electrons. The summed E-state index contributed by atoms with van der Waals surface area (Å²) in [4.78, 5) is 0. The number of halogens is 2. The Balaban J connectivity index is 2.43. The Morgan fingerprint density at radius 2 is 1.93 bits per heavy atom. The van der Waals surface area contributed by atoms with E-state index in [9.17, 15) is 17.2 Å². The van der Waals surface area contributed by atoms with E-state index in [1.54, 1.807) is 0 Å². The number of sulfonamides is 1. The highest BCUT2D eigenvalue weighted by molar-refractivity contribution is 7.89. The Morgan fingerprint density at radius 3 is 2.47 bits per heavy atom. The van der Waals surface area contributed by atoms with Crippen molar-refractivity contribution in [2.45, 2.75) is 25.0 Å². The van der Waals surface area contributed by atoms with Gasteiger partial charge < -0.3 is 5.11 Å². The SMILES string of the molecule is O=S(=O)(NCC1CCCC1CO)C(F)F. The van der Waals surface area contributed by atoms with Gasteiger partial charge in [0.15, 0.2) is 0 Å². The van der Waals surface area contributed by atoms with Gasteiger partial charge in [0.1, 0.15) is 0 Å². The van der Waals surface area contributed by atoms with Crippen molar-refractivity contribution in [2.24, 2.45) is 11.8 Å². The lowest BCUT2D eigenvalue weighted by atomic mass is 9.97. The highest BCUT2D eigenvalue weighted by Crippen LogP contribution is 2.30. The summed E-state index contributed by atoms with van der Waals surface area (Å²) in [6.45, 7) is -0.0149. The summed E-state index contributed by atoms with van der Waals surface area (Å²) >= 11 is 0. The van der Waals surface area contributed by atoms with Crippen LogP contribution >= 0.6 is 0 Å². The van der Waals surface area contributed by atoms with E-state index in [0.717, 1.165) is 19.3 Å². The average molecular weight is 243 g/mol. The average Bonchev–Trinajstić information content (AvgIpc) is 2.61. The first-order chi connectivity index (χ1) is 6.97. The quantitative estimate of drug-likeness (QED) is 0.740. The summed E-state index contributed by atoms with van der Waals surface area (Å²) in [5.41, 5.74) is 0. The van der Waals surface area contributed by atoms with Crippen LogP contribution < -0.4 is 4.72 Å². The standard InChI is InChI=1S/C8H15F2NO3S/c9-8(10)15(13,14)11-4-6-2-1-3-7(6)5-12/h6-8,11-12H,1-5H2. The molecule has 4 nitrogen and oxygen atoms in total. The van der Waals surface area contributed by atoms with Crippen LogP contribution in [0.5, 0.6) is 0 Å². The second-order valence-electron chi connectivity index (χ2n) is 3.79. The van der Waals surface area contributed by atoms with Gasteiger partial charge in [0.25, 0.3) is 10.0 Å². The van der Waals surface area contributed by atoms with Crippen LogP contribution in [0.2, 0.25) is 0 Å². The lowest BCUT2D eigenvalue weighted by molar-refractivity contribution is 0.194. The minimum absolute atomic E-state index is 0.00208. The van der Waals surface area contributed by atoms with Crippen LogP contribution in [0.25, 0.3) is 0 Å². The first-order valence-corrected chi connectivity index (χ1v) is 6.39. The van der Waals surface area contributed by atoms with Crippen molar-refractivity contribution in [2.75, 3.05) is 13.2 Å². The number of rotatable bonds is 5. The van der Waals surface area contributed by atoms with Gasteiger partial charge in [-0.3, -0.25) is 0 Å². The van der Waals surface area contributed by atoms with Crippen LogP contribution in [0.3, 0.4) is 0 Å². The van der Waals surface area contributed by atoms with E-state index in [1.807, 2.05) is 4.72 Å². The summed E-state index contributed by atoms with van der Waals surface area (Å²) in [5, 5.41) is 8.95. The molecule has 90 valence electrons. The number of hydrogen-bond donors (Lipinski definition) is 2. The number of nitrogens with one attached hydrogen (secondary N) is 1. The fraction of sp³-hybridized carbons (Fsp3) is 1.00. The van der Waals surface area contributed by atoms with Gasteiger partial charge in [-0.25, -0.2) is 13.1 Å². The van der Waals surface area contributed by atoms with Crippen molar-refractivity contribution < 1.29 is 22.3 Å². The molecule has 0 aromatic heterocycles. The molecule has 0 aromatic rings. The third kappa shape index (κ3) is 3.35. The van der Waals surface area contributed by atoms with E-state index in [0.29, 0.717) is 0 Å². The minimum atomic E-state index is -4.48. The lowest BCUT2D eigenvalue weighted by Gasteiger charge is -2.17. The van der Waals surface area contributed by atoms with Crippen LogP contribution in [0.15, 0.2) is 0 Å². The maximum absolute atomic E-state index is 12.0. The maximum Gasteiger partial charge on any atom is 0.350 e. The molecule has 0 saturated heterocycles. The van der Waals surface area contributed by atoms with Gasteiger partial charge in [-0.1, -0.05) is 6.42 Å². The molecule has 1 saturated carbocycles. The normalized spacial score (nSPS) is 27.5. The molecule has 0 aliphatic heterocycles. The minimum Gasteiger partial charge on any atom is -0.396 e. The highest BCUT2D eigenvalue weighted by atomic mass is 32.2. The molecule has 1 fully saturated rings. The molecule has 2 unspecified atom stereocenters. The van der Waals surface area contributed by atoms with Gasteiger partial charge in [-0.2, -0.15) is 8.78 Å². The molecule has 7 heteroatoms. The zero-order valence-electron chi connectivity index (χ0n) is 8.20. The Bertz CT molecular complexity index is 294. The van der Waals surface area contributed by atoms with Crippen molar-refractivity contribution in [3.05, 3.63) is 0 Å². The summed E-state index contributed by atoms with van der Waals surface area (Å²) in [5.74, 6) is -3.37. The monoisotopic (exact) mass is 243 g/mol. The van der Waals surface area contributed by atoms with E-state index >= 15 is 0 Å². The summed E-state index contributed by atoms with van der Waals surface area (Å²) in [6, 6.07) is 0. The van der Waals surface area contributed by atoms with E-state index in [1.165, 1.54) is 0 Å². The molecule has 1 aliphatic carbocycles. The van der Waals surface area contributed by atoms with Crippen molar-refractivity contribution in [3.8, 4) is 0 Å². The third-order valence-corrected chi connectivity index (χ3v) is 3.87. The first kappa shape index (κ1) is 12.8. The fourth-order valence-corrected chi connectivity index (χ4v) is 2.48. The Kier molecular flexibility index (Phi) is 4.42. The molecule has 2 atom stereocenters. The van der Waals surface area contributed by atoms with Crippen molar-refractivity contribution >= 4 is 10.0 Å². The van der Waals surface area contributed by atoms with Crippen LogP contribution in [-0.2, 0) is 10.0 Å². The number of alkyl halides is 2. The van der Waals surface area contributed by atoms with Gasteiger partial charge in [-0.05, 0) is 24.7 Å². The molecule has 0 aromatic carbocycles. The maximum atomic E-state index is 12.0. The smallest absolute Gasteiger partial charge is 0.350 e. The van der Waals surface area contributed by atoms with E-state index < -0.39 is 15.8 Å². The molecular formula is C8H15F2NO3S. The van der Waals surface area contributed by atoms with Gasteiger partial charge >= 0.3 is 5.76 Å². The zero-order valence-corrected chi connectivity index (χ0v) is 9.01. The second kappa shape index (κ2) is 5.18. The van der Waals surface area contributed by atoms with E-state index in [-0.39, 0.29) is 25.0 Å². The lowest BCUT2D eigenvalue weighted by Crippen LogP contribution is -2.35. The van der Waals surface area contributed by atoms with Crippen LogP contribution in [0, 0.1) is 11.8 Å². The topological polar surface area (TPSA) is 66.4 Å².